The second-order valence-electron chi connectivity index (χ2n) is 8.13. The summed E-state index contributed by atoms with van der Waals surface area (Å²) in [5.74, 6) is 2.55. The van der Waals surface area contributed by atoms with Gasteiger partial charge >= 0.3 is 6.18 Å². The summed E-state index contributed by atoms with van der Waals surface area (Å²) in [5, 5.41) is 6.54. The lowest BCUT2D eigenvalue weighted by atomic mass is 9.86. The Labute approximate surface area is 219 Å². The van der Waals surface area contributed by atoms with Crippen LogP contribution < -0.4 is 5.32 Å². The van der Waals surface area contributed by atoms with Crippen molar-refractivity contribution in [1.82, 2.24) is 5.32 Å². The molecule has 2 saturated heterocycles. The normalized spacial score (nSPS) is 23.1. The highest BCUT2D eigenvalue weighted by atomic mass is 35.5. The fourth-order valence-corrected chi connectivity index (χ4v) is 4.76. The maximum Gasteiger partial charge on any atom is 0.435 e. The molecule has 3 aliphatic rings. The average Bonchev–Trinajstić information content (AvgIpc) is 3.15. The number of carbonyl (C=O) groups excluding carboxylic acids is 1. The third-order valence-corrected chi connectivity index (χ3v) is 7.94. The van der Waals surface area contributed by atoms with Crippen molar-refractivity contribution in [2.24, 2.45) is 5.16 Å². The molecule has 2 aromatic rings. The van der Waals surface area contributed by atoms with E-state index in [0.29, 0.717) is 23.3 Å². The van der Waals surface area contributed by atoms with Crippen molar-refractivity contribution in [2.45, 2.75) is 36.9 Å². The summed E-state index contributed by atoms with van der Waals surface area (Å²) in [6, 6.07) is 8.39. The second-order valence-corrected chi connectivity index (χ2v) is 11.2. The molecular formula is C23H21Cl2F3N2O3S2. The molecule has 2 atom stereocenters. The van der Waals surface area contributed by atoms with Gasteiger partial charge in [0.15, 0.2) is 0 Å². The van der Waals surface area contributed by atoms with E-state index in [1.54, 1.807) is 25.1 Å². The van der Waals surface area contributed by atoms with E-state index in [1.165, 1.54) is 48.2 Å². The van der Waals surface area contributed by atoms with Gasteiger partial charge in [0.05, 0.1) is 12.3 Å². The van der Waals surface area contributed by atoms with Crippen molar-refractivity contribution in [3.63, 3.8) is 0 Å². The molecule has 0 saturated carbocycles. The molecule has 0 aliphatic carbocycles. The number of carbonyl (C=O) groups is 1. The number of oxime groups is 1. The molecule has 3 aliphatic heterocycles. The summed E-state index contributed by atoms with van der Waals surface area (Å²) in [4.78, 5) is 17.4. The monoisotopic (exact) mass is 564 g/mol. The summed E-state index contributed by atoms with van der Waals surface area (Å²) in [5.41, 5.74) is -1.40. The van der Waals surface area contributed by atoms with Crippen LogP contribution in [0.3, 0.4) is 0 Å². The van der Waals surface area contributed by atoms with Crippen LogP contribution in [0.4, 0.5) is 13.2 Å². The van der Waals surface area contributed by atoms with Crippen molar-refractivity contribution in [2.75, 3.05) is 18.1 Å². The van der Waals surface area contributed by atoms with Gasteiger partial charge in [-0.25, -0.2) is 0 Å². The first-order valence-electron chi connectivity index (χ1n) is 10.7. The van der Waals surface area contributed by atoms with Crippen LogP contribution in [-0.4, -0.2) is 41.3 Å². The highest BCUT2D eigenvalue weighted by Crippen LogP contribution is 2.49. The first kappa shape index (κ1) is 26.5. The van der Waals surface area contributed by atoms with Gasteiger partial charge in [-0.05, 0) is 66.3 Å². The van der Waals surface area contributed by atoms with Crippen LogP contribution in [0.15, 0.2) is 41.6 Å². The Morgan fingerprint density at radius 1 is 1.17 bits per heavy atom. The molecule has 188 valence electrons. The predicted octanol–water partition coefficient (Wildman–Crippen LogP) is 6.74. The van der Waals surface area contributed by atoms with Crippen molar-refractivity contribution in [3.05, 3.63) is 68.7 Å². The molecule has 0 spiro atoms. The van der Waals surface area contributed by atoms with E-state index in [-0.39, 0.29) is 32.6 Å². The molecule has 5 nitrogen and oxygen atoms in total. The number of aryl methyl sites for hydroxylation is 1. The van der Waals surface area contributed by atoms with Crippen molar-refractivity contribution in [1.29, 1.82) is 0 Å². The summed E-state index contributed by atoms with van der Waals surface area (Å²) in [7, 11) is 0. The first-order valence-corrected chi connectivity index (χ1v) is 13.4. The average molecular weight is 565 g/mol. The smallest absolute Gasteiger partial charge is 0.374 e. The van der Waals surface area contributed by atoms with Crippen LogP contribution in [0, 0.1) is 6.92 Å². The van der Waals surface area contributed by atoms with Gasteiger partial charge in [-0.2, -0.15) is 24.9 Å². The quantitative estimate of drug-likeness (QED) is 0.416. The lowest BCUT2D eigenvalue weighted by Gasteiger charge is -2.29. The number of thioether (sulfide) groups is 1. The highest BCUT2D eigenvalue weighted by molar-refractivity contribution is 8.00. The van der Waals surface area contributed by atoms with Gasteiger partial charge in [0.1, 0.15) is 5.37 Å². The van der Waals surface area contributed by atoms with E-state index >= 15 is 0 Å². The maximum absolute atomic E-state index is 14.1. The summed E-state index contributed by atoms with van der Waals surface area (Å²) in [6.45, 7) is 2.13. The van der Waals surface area contributed by atoms with E-state index in [1.807, 2.05) is 11.8 Å². The molecule has 5 rings (SSSR count). The Kier molecular flexibility index (Phi) is 8.17. The van der Waals surface area contributed by atoms with Gasteiger partial charge in [-0.1, -0.05) is 34.4 Å². The molecule has 2 fully saturated rings. The van der Waals surface area contributed by atoms with Crippen molar-refractivity contribution < 1.29 is 27.0 Å². The Balaban J connectivity index is 0.000000656. The number of nitrogens with zero attached hydrogens (tertiary/aromatic N) is 1. The topological polar surface area (TPSA) is 59.9 Å². The molecule has 0 bridgehead atoms. The second kappa shape index (κ2) is 10.8. The van der Waals surface area contributed by atoms with Crippen molar-refractivity contribution in [3.8, 4) is 0 Å². The van der Waals surface area contributed by atoms with E-state index in [0.717, 1.165) is 0 Å². The van der Waals surface area contributed by atoms with Crippen LogP contribution in [0.1, 0.15) is 39.9 Å². The molecular weight excluding hydrogens is 544 g/mol. The molecule has 3 heterocycles. The first-order chi connectivity index (χ1) is 16.6. The minimum absolute atomic E-state index is 0.0596. The summed E-state index contributed by atoms with van der Waals surface area (Å²) in [6.07, 6.45) is -3.87. The summed E-state index contributed by atoms with van der Waals surface area (Å²) < 4.78 is 47.3. The number of hydrogen-bond acceptors (Lipinski definition) is 6. The molecule has 12 heteroatoms. The van der Waals surface area contributed by atoms with Gasteiger partial charge in [-0.15, -0.1) is 0 Å². The predicted molar refractivity (Wildman–Crippen MR) is 134 cm³/mol. The van der Waals surface area contributed by atoms with Crippen LogP contribution in [-0.2, 0) is 14.6 Å². The lowest BCUT2D eigenvalue weighted by molar-refractivity contribution is -0.275. The number of halogens is 5. The number of amides is 1. The van der Waals surface area contributed by atoms with Crippen LogP contribution >= 0.6 is 47.0 Å². The molecule has 2 unspecified atom stereocenters. The molecule has 2 aromatic carbocycles. The fraction of sp³-hybridized carbons (Fsp3) is 0.391. The van der Waals surface area contributed by atoms with Crippen LogP contribution in [0.25, 0.3) is 0 Å². The fourth-order valence-electron chi connectivity index (χ4n) is 3.51. The zero-order chi connectivity index (χ0) is 25.2. The lowest BCUT2D eigenvalue weighted by Crippen LogP contribution is -2.42. The molecule has 0 radical (unpaired) electrons. The van der Waals surface area contributed by atoms with Gasteiger partial charge in [-0.3, -0.25) is 4.79 Å². The van der Waals surface area contributed by atoms with Gasteiger partial charge in [0.2, 0.25) is 0 Å². The number of hydrogen-bond donors (Lipinski definition) is 1. The number of alkyl halides is 3. The SMILES string of the molecule is C1CSC1.Cc1cc(C2=NOC(c3cc(Cl)cc(Cl)c3)(C(F)(F)F)C2)ccc1C(=O)NC1COS1. The molecule has 1 N–H and O–H groups in total. The molecule has 1 amide bonds. The zero-order valence-corrected chi connectivity index (χ0v) is 21.6. The molecule has 0 aromatic heterocycles. The Bertz CT molecular complexity index is 1120. The number of rotatable bonds is 4. The van der Waals surface area contributed by atoms with Gasteiger partial charge < -0.3 is 14.3 Å². The van der Waals surface area contributed by atoms with Crippen LogP contribution in [0.2, 0.25) is 10.0 Å². The standard InChI is InChI=1S/C20H15Cl2F3N2O3S.C3H6S/c1-10-4-11(2-3-15(10)18(28)26-17-9-29-31-17)16-8-19(30-27-16,20(23,24)25)12-5-13(21)7-14(22)6-12;1-2-4-3-1/h2-7,17H,8-9H2,1H3,(H,26,28);1-3H2. The largest absolute Gasteiger partial charge is 0.435 e. The van der Waals surface area contributed by atoms with Crippen molar-refractivity contribution >= 4 is 58.6 Å². The minimum Gasteiger partial charge on any atom is -0.374 e. The summed E-state index contributed by atoms with van der Waals surface area (Å²) >= 11 is 15.0. The Morgan fingerprint density at radius 3 is 2.29 bits per heavy atom. The third kappa shape index (κ3) is 5.88. The third-order valence-electron chi connectivity index (χ3n) is 5.59. The minimum atomic E-state index is -4.77. The van der Waals surface area contributed by atoms with E-state index in [2.05, 4.69) is 10.5 Å². The maximum atomic E-state index is 14.1. The van der Waals surface area contributed by atoms with E-state index in [4.69, 9.17) is 32.2 Å². The van der Waals surface area contributed by atoms with E-state index < -0.39 is 18.2 Å². The van der Waals surface area contributed by atoms with Crippen LogP contribution in [0.5, 0.6) is 0 Å². The zero-order valence-electron chi connectivity index (χ0n) is 18.5. The van der Waals surface area contributed by atoms with E-state index in [9.17, 15) is 18.0 Å². The van der Waals surface area contributed by atoms with Gasteiger partial charge in [0.25, 0.3) is 11.5 Å². The Morgan fingerprint density at radius 2 is 1.80 bits per heavy atom. The number of benzene rings is 2. The molecule has 35 heavy (non-hydrogen) atoms. The van der Waals surface area contributed by atoms with Gasteiger partial charge in [0, 0.05) is 39.6 Å². The Hall–Kier alpha value is -1.59. The highest BCUT2D eigenvalue weighted by Gasteiger charge is 2.62. The number of nitrogens with one attached hydrogen (secondary N) is 1.